The second-order valence-electron chi connectivity index (χ2n) is 6.92. The van der Waals surface area contributed by atoms with Crippen molar-refractivity contribution in [1.29, 1.82) is 0 Å². The largest absolute Gasteiger partial charge is 0.503 e. The van der Waals surface area contributed by atoms with E-state index in [0.29, 0.717) is 33.7 Å². The number of hydrogen-bond acceptors (Lipinski definition) is 9. The number of methoxy groups -OCH3 is 4. The number of benzene rings is 2. The first-order valence-electron chi connectivity index (χ1n) is 10.1. The molecule has 0 saturated carbocycles. The fraction of sp³-hybridized carbons (Fsp3) is 0.200. The summed E-state index contributed by atoms with van der Waals surface area (Å²) in [5.41, 5.74) is 1.67. The van der Waals surface area contributed by atoms with E-state index in [4.69, 9.17) is 23.8 Å². The van der Waals surface area contributed by atoms with Crippen LogP contribution in [0.3, 0.4) is 0 Å². The summed E-state index contributed by atoms with van der Waals surface area (Å²) < 4.78 is 20.9. The van der Waals surface area contributed by atoms with Gasteiger partial charge in [-0.3, -0.25) is 4.98 Å². The Balaban J connectivity index is 2.35. The molecular weight excluding hydrogens is 440 g/mol. The number of aromatic nitrogens is 1. The quantitative estimate of drug-likeness (QED) is 0.124. The summed E-state index contributed by atoms with van der Waals surface area (Å²) in [6.07, 6.45) is 2.88. The van der Waals surface area contributed by atoms with Crippen LogP contribution in [0.15, 0.2) is 60.1 Å². The molecule has 1 heterocycles. The minimum atomic E-state index is -0.616. The van der Waals surface area contributed by atoms with E-state index in [9.17, 15) is 9.59 Å². The molecule has 0 aliphatic rings. The van der Waals surface area contributed by atoms with E-state index in [1.165, 1.54) is 34.5 Å². The van der Waals surface area contributed by atoms with Gasteiger partial charge in [0.05, 0.1) is 34.7 Å². The fourth-order valence-electron chi connectivity index (χ4n) is 3.39. The van der Waals surface area contributed by atoms with Crippen LogP contribution < -0.4 is 9.47 Å². The molecule has 0 N–H and O–H groups in total. The van der Waals surface area contributed by atoms with Gasteiger partial charge in [-0.1, -0.05) is 29.4 Å². The van der Waals surface area contributed by atoms with Gasteiger partial charge < -0.3 is 23.8 Å². The molecule has 34 heavy (non-hydrogen) atoms. The first-order valence-corrected chi connectivity index (χ1v) is 10.1. The van der Waals surface area contributed by atoms with Crippen LogP contribution in [-0.2, 0) is 23.9 Å². The first-order chi connectivity index (χ1) is 16.4. The normalized spacial score (nSPS) is 11.7. The third-order valence-electron chi connectivity index (χ3n) is 4.87. The highest BCUT2D eigenvalue weighted by molar-refractivity contribution is 6.24. The molecule has 9 heteroatoms. The molecule has 3 rings (SSSR count). The fourth-order valence-corrected chi connectivity index (χ4v) is 3.39. The topological polar surface area (TPSA) is 106 Å². The molecule has 9 nitrogen and oxygen atoms in total. The van der Waals surface area contributed by atoms with Crippen LogP contribution in [0.4, 0.5) is 0 Å². The number of hydrogen-bond donors (Lipinski definition) is 0. The van der Waals surface area contributed by atoms with Gasteiger partial charge in [0.2, 0.25) is 0 Å². The number of ether oxygens (including phenoxy) is 4. The van der Waals surface area contributed by atoms with Gasteiger partial charge in [0.15, 0.2) is 11.5 Å². The summed E-state index contributed by atoms with van der Waals surface area (Å²) in [6.45, 7) is 1.24. The monoisotopic (exact) mass is 464 g/mol. The van der Waals surface area contributed by atoms with Crippen LogP contribution in [-0.4, -0.2) is 51.1 Å². The van der Waals surface area contributed by atoms with E-state index in [1.807, 2.05) is 0 Å². The van der Waals surface area contributed by atoms with Crippen molar-refractivity contribution in [2.24, 2.45) is 5.16 Å². The van der Waals surface area contributed by atoms with E-state index >= 15 is 0 Å². The van der Waals surface area contributed by atoms with E-state index in [0.717, 1.165) is 5.39 Å². The Morgan fingerprint density at radius 1 is 0.941 bits per heavy atom. The van der Waals surface area contributed by atoms with E-state index in [-0.39, 0.29) is 11.3 Å². The lowest BCUT2D eigenvalue weighted by atomic mass is 9.93. The van der Waals surface area contributed by atoms with Gasteiger partial charge in [0, 0.05) is 29.6 Å². The molecule has 3 aromatic rings. The van der Waals surface area contributed by atoms with Crippen molar-refractivity contribution in [3.05, 3.63) is 71.7 Å². The molecule has 0 fully saturated rings. The summed E-state index contributed by atoms with van der Waals surface area (Å²) in [6, 6.07) is 12.3. The lowest BCUT2D eigenvalue weighted by molar-refractivity contribution is -0.141. The van der Waals surface area contributed by atoms with Crippen LogP contribution >= 0.6 is 0 Å². The molecule has 176 valence electrons. The molecule has 0 radical (unpaired) electrons. The molecule has 0 spiro atoms. The van der Waals surface area contributed by atoms with Gasteiger partial charge >= 0.3 is 11.9 Å². The van der Waals surface area contributed by atoms with Crippen LogP contribution in [0.25, 0.3) is 16.3 Å². The zero-order valence-electron chi connectivity index (χ0n) is 19.4. The van der Waals surface area contributed by atoms with Crippen molar-refractivity contribution in [1.82, 2.24) is 4.98 Å². The highest BCUT2D eigenvalue weighted by atomic mass is 16.7. The molecule has 0 saturated heterocycles. The molecule has 2 aromatic carbocycles. The minimum absolute atomic E-state index is 0.149. The number of fused-ring (bicyclic) bond motifs is 1. The lowest BCUT2D eigenvalue weighted by Gasteiger charge is -2.15. The Kier molecular flexibility index (Phi) is 7.81. The second-order valence-corrected chi connectivity index (χ2v) is 6.92. The molecule has 0 aliphatic heterocycles. The highest BCUT2D eigenvalue weighted by Gasteiger charge is 2.23. The summed E-state index contributed by atoms with van der Waals surface area (Å²) >= 11 is 0. The van der Waals surface area contributed by atoms with Gasteiger partial charge in [0.1, 0.15) is 17.0 Å². The average Bonchev–Trinajstić information content (AvgIpc) is 2.86. The Morgan fingerprint density at radius 2 is 1.62 bits per heavy atom. The Hall–Kier alpha value is -4.40. The summed E-state index contributed by atoms with van der Waals surface area (Å²) in [5.74, 6) is -0.200. The van der Waals surface area contributed by atoms with Crippen LogP contribution in [0.1, 0.15) is 23.7 Å². The van der Waals surface area contributed by atoms with E-state index < -0.39 is 11.9 Å². The predicted molar refractivity (Wildman–Crippen MR) is 126 cm³/mol. The molecule has 0 amide bonds. The van der Waals surface area contributed by atoms with Crippen molar-refractivity contribution in [3.63, 3.8) is 0 Å². The van der Waals surface area contributed by atoms with Crippen LogP contribution in [0, 0.1) is 0 Å². The molecule has 1 aromatic heterocycles. The van der Waals surface area contributed by atoms with Gasteiger partial charge in [-0.2, -0.15) is 0 Å². The third-order valence-corrected chi connectivity index (χ3v) is 4.87. The molecule has 0 bridgehead atoms. The lowest BCUT2D eigenvalue weighted by Crippen LogP contribution is -2.14. The molecule has 0 aliphatic carbocycles. The number of nitrogens with zero attached hydrogens (tertiary/aromatic N) is 2. The van der Waals surface area contributed by atoms with Crippen molar-refractivity contribution in [2.45, 2.75) is 6.92 Å². The zero-order valence-corrected chi connectivity index (χ0v) is 19.4. The van der Waals surface area contributed by atoms with Crippen LogP contribution in [0.5, 0.6) is 11.5 Å². The SMILES string of the molecule is COC=C(C(=O)OC)c1ccccc1C(=NOC(C)=O)c1nccc2cc(OC)c(OC)cc12. The van der Waals surface area contributed by atoms with Gasteiger partial charge in [-0.15, -0.1) is 0 Å². The number of rotatable bonds is 8. The summed E-state index contributed by atoms with van der Waals surface area (Å²) in [5, 5.41) is 5.56. The number of pyridine rings is 1. The third kappa shape index (κ3) is 4.98. The number of carbonyl (C=O) groups excluding carboxylic acids is 2. The van der Waals surface area contributed by atoms with Crippen molar-refractivity contribution in [3.8, 4) is 11.5 Å². The van der Waals surface area contributed by atoms with Crippen molar-refractivity contribution < 1.29 is 33.4 Å². The average molecular weight is 464 g/mol. The molecule has 0 unspecified atom stereocenters. The van der Waals surface area contributed by atoms with Crippen LogP contribution in [0.2, 0.25) is 0 Å². The summed E-state index contributed by atoms with van der Waals surface area (Å²) in [7, 11) is 5.77. The Morgan fingerprint density at radius 3 is 2.24 bits per heavy atom. The zero-order chi connectivity index (χ0) is 24.7. The highest BCUT2D eigenvalue weighted by Crippen LogP contribution is 2.34. The number of carbonyl (C=O) groups is 2. The van der Waals surface area contributed by atoms with Gasteiger partial charge in [-0.25, -0.2) is 9.59 Å². The second kappa shape index (κ2) is 11.0. The first kappa shape index (κ1) is 24.2. The maximum Gasteiger partial charge on any atom is 0.341 e. The van der Waals surface area contributed by atoms with Gasteiger partial charge in [-0.05, 0) is 23.6 Å². The Labute approximate surface area is 196 Å². The smallest absolute Gasteiger partial charge is 0.341 e. The molecular formula is C25H24N2O7. The number of esters is 1. The maximum absolute atomic E-state index is 12.5. The maximum atomic E-state index is 12.5. The van der Waals surface area contributed by atoms with E-state index in [1.54, 1.807) is 55.8 Å². The minimum Gasteiger partial charge on any atom is -0.503 e. The van der Waals surface area contributed by atoms with Gasteiger partial charge in [0.25, 0.3) is 0 Å². The predicted octanol–water partition coefficient (Wildman–Crippen LogP) is 3.73. The standard InChI is InChI=1S/C25H24N2O7/c1-15(28)34-27-24(18-9-7-6-8-17(18)20(14-30-2)25(29)33-5)23-19-13-22(32-4)21(31-3)12-16(19)10-11-26-23/h6-14H,1-5H3. The number of oxime groups is 1. The van der Waals surface area contributed by atoms with Crippen molar-refractivity contribution >= 4 is 34.0 Å². The molecule has 0 atom stereocenters. The summed E-state index contributed by atoms with van der Waals surface area (Å²) in [4.78, 5) is 33.7. The van der Waals surface area contributed by atoms with E-state index in [2.05, 4.69) is 10.1 Å². The Bertz CT molecular complexity index is 1280. The van der Waals surface area contributed by atoms with Crippen molar-refractivity contribution in [2.75, 3.05) is 28.4 Å².